The van der Waals surface area contributed by atoms with Crippen LogP contribution in [0.3, 0.4) is 0 Å². The van der Waals surface area contributed by atoms with Crippen LogP contribution in [-0.4, -0.2) is 30.5 Å². The van der Waals surface area contributed by atoms with Gasteiger partial charge in [0, 0.05) is 31.2 Å². The molecule has 1 saturated carbocycles. The lowest BCUT2D eigenvalue weighted by atomic mass is 9.85. The van der Waals surface area contributed by atoms with Gasteiger partial charge in [0.1, 0.15) is 5.39 Å². The van der Waals surface area contributed by atoms with Gasteiger partial charge in [0.05, 0.1) is 30.0 Å². The summed E-state index contributed by atoms with van der Waals surface area (Å²) in [6.45, 7) is 0. The predicted molar refractivity (Wildman–Crippen MR) is 132 cm³/mol. The van der Waals surface area contributed by atoms with Gasteiger partial charge in [0.15, 0.2) is 11.6 Å². The highest BCUT2D eigenvalue weighted by Gasteiger charge is 2.29. The maximum absolute atomic E-state index is 12.8. The number of nitrogens with one attached hydrogen (secondary N) is 3. The van der Waals surface area contributed by atoms with Crippen molar-refractivity contribution in [2.75, 3.05) is 10.6 Å². The molecule has 10 nitrogen and oxygen atoms in total. The minimum Gasteiger partial charge on any atom is -0.338 e. The van der Waals surface area contributed by atoms with E-state index in [-0.39, 0.29) is 29.8 Å². The topological polar surface area (TPSA) is 133 Å². The lowest BCUT2D eigenvalue weighted by Gasteiger charge is -2.27. The summed E-state index contributed by atoms with van der Waals surface area (Å²) in [6, 6.07) is 13.4. The number of hydrogen-bond donors (Lipinski definition) is 3. The number of carbonyl (C=O) groups is 1. The maximum Gasteiger partial charge on any atom is 0.261 e. The van der Waals surface area contributed by atoms with Gasteiger partial charge >= 0.3 is 0 Å². The Kier molecular flexibility index (Phi) is 6.06. The summed E-state index contributed by atoms with van der Waals surface area (Å²) in [4.78, 5) is 27.9. The number of pyridine rings is 1. The van der Waals surface area contributed by atoms with E-state index in [1.54, 1.807) is 30.2 Å². The molecule has 2 atom stereocenters. The number of fused-ring (bicyclic) bond motifs is 1. The van der Waals surface area contributed by atoms with Crippen LogP contribution >= 0.6 is 0 Å². The molecule has 1 aliphatic carbocycles. The molecule has 3 heterocycles. The molecule has 35 heavy (non-hydrogen) atoms. The first-order valence-corrected chi connectivity index (χ1v) is 11.7. The van der Waals surface area contributed by atoms with Crippen molar-refractivity contribution in [1.29, 1.82) is 5.26 Å². The van der Waals surface area contributed by atoms with Crippen LogP contribution in [0.4, 0.5) is 17.3 Å². The number of H-pyrrole nitrogens is 1. The second-order valence-corrected chi connectivity index (χ2v) is 8.87. The molecular weight excluding hydrogens is 444 g/mol. The number of nitriles is 1. The Morgan fingerprint density at radius 1 is 1.23 bits per heavy atom. The lowest BCUT2D eigenvalue weighted by Crippen LogP contribution is -2.23. The highest BCUT2D eigenvalue weighted by atomic mass is 16.1. The Bertz CT molecular complexity index is 1470. The van der Waals surface area contributed by atoms with Gasteiger partial charge < -0.3 is 15.6 Å². The second kappa shape index (κ2) is 9.46. The van der Waals surface area contributed by atoms with Gasteiger partial charge in [0.25, 0.3) is 5.56 Å². The summed E-state index contributed by atoms with van der Waals surface area (Å²) in [5.74, 6) is 0.618. The zero-order chi connectivity index (χ0) is 24.4. The molecule has 3 aromatic heterocycles. The SMILES string of the molecule is Cn1ccc(NC(=O)Cc2cccc(Nc3nn([C@@H]4CCCC[C@H]4C#N)c4cc[nH]c(=O)c34)c2)n1. The number of carbonyl (C=O) groups excluding carboxylic acids is 1. The third-order valence-electron chi connectivity index (χ3n) is 6.38. The zero-order valence-electron chi connectivity index (χ0n) is 19.4. The van der Waals surface area contributed by atoms with E-state index in [2.05, 4.69) is 26.8 Å². The Hall–Kier alpha value is -4.39. The van der Waals surface area contributed by atoms with Gasteiger partial charge in [-0.25, -0.2) is 0 Å². The van der Waals surface area contributed by atoms with Crippen molar-refractivity contribution in [3.63, 3.8) is 0 Å². The average Bonchev–Trinajstić information content (AvgIpc) is 3.43. The van der Waals surface area contributed by atoms with E-state index in [1.165, 1.54) is 0 Å². The Morgan fingerprint density at radius 3 is 2.89 bits per heavy atom. The Labute approximate surface area is 201 Å². The summed E-state index contributed by atoms with van der Waals surface area (Å²) in [6.07, 6.45) is 7.28. The van der Waals surface area contributed by atoms with Crippen molar-refractivity contribution in [2.24, 2.45) is 13.0 Å². The molecule has 0 unspecified atom stereocenters. The summed E-state index contributed by atoms with van der Waals surface area (Å²) in [5.41, 5.74) is 1.97. The quantitative estimate of drug-likeness (QED) is 0.394. The molecule has 0 bridgehead atoms. The first-order valence-electron chi connectivity index (χ1n) is 11.7. The molecule has 0 radical (unpaired) electrons. The highest BCUT2D eigenvalue weighted by molar-refractivity contribution is 5.92. The van der Waals surface area contributed by atoms with E-state index in [0.717, 1.165) is 31.2 Å². The van der Waals surface area contributed by atoms with Crippen LogP contribution < -0.4 is 16.2 Å². The van der Waals surface area contributed by atoms with E-state index in [9.17, 15) is 14.9 Å². The van der Waals surface area contributed by atoms with Crippen LogP contribution in [0.1, 0.15) is 37.3 Å². The molecule has 0 aliphatic heterocycles. The van der Waals surface area contributed by atoms with Crippen LogP contribution in [0.2, 0.25) is 0 Å². The molecule has 5 rings (SSSR count). The molecule has 0 spiro atoms. The van der Waals surface area contributed by atoms with E-state index in [0.29, 0.717) is 28.2 Å². The number of nitrogens with zero attached hydrogens (tertiary/aromatic N) is 5. The number of aromatic amines is 1. The molecule has 3 N–H and O–H groups in total. The normalized spacial score (nSPS) is 17.7. The summed E-state index contributed by atoms with van der Waals surface area (Å²) in [7, 11) is 1.79. The van der Waals surface area contributed by atoms with E-state index in [1.807, 2.05) is 35.0 Å². The number of amides is 1. The van der Waals surface area contributed by atoms with Crippen molar-refractivity contribution in [1.82, 2.24) is 24.5 Å². The maximum atomic E-state index is 12.8. The third-order valence-corrected chi connectivity index (χ3v) is 6.38. The molecule has 1 aliphatic rings. The van der Waals surface area contributed by atoms with Crippen LogP contribution in [-0.2, 0) is 18.3 Å². The highest BCUT2D eigenvalue weighted by Crippen LogP contribution is 2.36. The zero-order valence-corrected chi connectivity index (χ0v) is 19.4. The Morgan fingerprint density at radius 2 is 2.09 bits per heavy atom. The second-order valence-electron chi connectivity index (χ2n) is 8.87. The van der Waals surface area contributed by atoms with E-state index < -0.39 is 0 Å². The van der Waals surface area contributed by atoms with Crippen LogP contribution in [0.25, 0.3) is 10.9 Å². The van der Waals surface area contributed by atoms with Gasteiger partial charge in [-0.2, -0.15) is 15.5 Å². The molecule has 4 aromatic rings. The molecule has 1 amide bonds. The largest absolute Gasteiger partial charge is 0.338 e. The minimum absolute atomic E-state index is 0.0739. The van der Waals surface area contributed by atoms with Gasteiger partial charge in [-0.15, -0.1) is 0 Å². The number of aromatic nitrogens is 5. The van der Waals surface area contributed by atoms with Crippen molar-refractivity contribution in [3.8, 4) is 6.07 Å². The molecular formula is C25H26N8O2. The van der Waals surface area contributed by atoms with E-state index in [4.69, 9.17) is 5.10 Å². The first kappa shape index (κ1) is 22.4. The van der Waals surface area contributed by atoms with Gasteiger partial charge in [0.2, 0.25) is 5.91 Å². The summed E-state index contributed by atoms with van der Waals surface area (Å²) in [5, 5.41) is 25.1. The first-order chi connectivity index (χ1) is 17.0. The standard InChI is InChI=1S/C25H26N8O2/c1-32-12-10-21(30-32)29-22(34)14-16-5-4-7-18(13-16)28-24-23-20(9-11-27-25(23)35)33(31-24)19-8-3-2-6-17(19)15-26/h4-5,7,9-13,17,19H,2-3,6,8,14H2,1H3,(H,27,35)(H,28,31)(H,29,30,34)/t17-,19+/m0/s1. The Balaban J connectivity index is 1.41. The molecule has 10 heteroatoms. The minimum atomic E-state index is -0.244. The number of benzene rings is 1. The third kappa shape index (κ3) is 4.66. The summed E-state index contributed by atoms with van der Waals surface area (Å²) < 4.78 is 3.46. The smallest absolute Gasteiger partial charge is 0.261 e. The van der Waals surface area contributed by atoms with Crippen molar-refractivity contribution in [3.05, 3.63) is 64.7 Å². The fraction of sp³-hybridized carbons (Fsp3) is 0.320. The van der Waals surface area contributed by atoms with Crippen molar-refractivity contribution < 1.29 is 4.79 Å². The van der Waals surface area contributed by atoms with Crippen molar-refractivity contribution >= 4 is 34.1 Å². The predicted octanol–water partition coefficient (Wildman–Crippen LogP) is 3.64. The van der Waals surface area contributed by atoms with E-state index >= 15 is 0 Å². The lowest BCUT2D eigenvalue weighted by molar-refractivity contribution is -0.115. The van der Waals surface area contributed by atoms with Crippen LogP contribution in [0.5, 0.6) is 0 Å². The number of rotatable bonds is 6. The fourth-order valence-electron chi connectivity index (χ4n) is 4.74. The average molecular weight is 471 g/mol. The number of hydrogen-bond acceptors (Lipinski definition) is 6. The van der Waals surface area contributed by atoms with Crippen molar-refractivity contribution in [2.45, 2.75) is 38.1 Å². The van der Waals surface area contributed by atoms with Gasteiger partial charge in [-0.05, 0) is 36.6 Å². The molecule has 1 fully saturated rings. The number of aryl methyl sites for hydroxylation is 1. The van der Waals surface area contributed by atoms with Gasteiger partial charge in [-0.3, -0.25) is 19.0 Å². The van der Waals surface area contributed by atoms with Gasteiger partial charge in [-0.1, -0.05) is 25.0 Å². The monoisotopic (exact) mass is 470 g/mol. The molecule has 0 saturated heterocycles. The molecule has 1 aromatic carbocycles. The molecule has 178 valence electrons. The summed E-state index contributed by atoms with van der Waals surface area (Å²) >= 11 is 0. The van der Waals surface area contributed by atoms with Crippen LogP contribution in [0, 0.1) is 17.2 Å². The number of anilines is 3. The fourth-order valence-corrected chi connectivity index (χ4v) is 4.74. The van der Waals surface area contributed by atoms with Crippen LogP contribution in [0.15, 0.2) is 53.6 Å².